The summed E-state index contributed by atoms with van der Waals surface area (Å²) in [5.74, 6) is 1.84. The number of fused-ring (bicyclic) bond motifs is 1. The van der Waals surface area contributed by atoms with Gasteiger partial charge in [-0.1, -0.05) is 44.2 Å². The molecule has 2 aromatic heterocycles. The van der Waals surface area contributed by atoms with Gasteiger partial charge >= 0.3 is 0 Å². The first kappa shape index (κ1) is 24.4. The summed E-state index contributed by atoms with van der Waals surface area (Å²) in [7, 11) is 0.423. The van der Waals surface area contributed by atoms with Gasteiger partial charge in [-0.3, -0.25) is 4.21 Å². The van der Waals surface area contributed by atoms with Crippen LogP contribution in [-0.2, 0) is 23.8 Å². The second-order valence-electron chi connectivity index (χ2n) is 8.47. The lowest BCUT2D eigenvalue weighted by Crippen LogP contribution is -2.06. The highest BCUT2D eigenvalue weighted by Crippen LogP contribution is 2.38. The first-order valence-electron chi connectivity index (χ1n) is 11.1. The first-order valence-corrected chi connectivity index (χ1v) is 13.1. The summed E-state index contributed by atoms with van der Waals surface area (Å²) in [5.41, 5.74) is 5.49. The SMILES string of the molecule is COc1cc(Cc2cccnc2S(C)=O)c(S)c2nc(-c3ccc(C(C)C)cc3)n(CCO)c12. The van der Waals surface area contributed by atoms with Crippen molar-refractivity contribution in [3.05, 3.63) is 65.4 Å². The minimum atomic E-state index is -1.20. The van der Waals surface area contributed by atoms with Gasteiger partial charge in [-0.25, -0.2) is 9.97 Å². The molecule has 1 atom stereocenters. The van der Waals surface area contributed by atoms with E-state index in [9.17, 15) is 9.32 Å². The molecule has 178 valence electrons. The molecule has 1 unspecified atom stereocenters. The average Bonchev–Trinajstić information content (AvgIpc) is 3.21. The summed E-state index contributed by atoms with van der Waals surface area (Å²) in [6.45, 7) is 4.67. The van der Waals surface area contributed by atoms with Gasteiger partial charge in [0.2, 0.25) is 0 Å². The summed E-state index contributed by atoms with van der Waals surface area (Å²) in [6, 6.07) is 14.1. The third-order valence-corrected chi connectivity index (χ3v) is 7.33. The molecule has 0 spiro atoms. The van der Waals surface area contributed by atoms with Gasteiger partial charge in [0, 0.05) is 35.9 Å². The Labute approximate surface area is 207 Å². The maximum atomic E-state index is 12.2. The number of methoxy groups -OCH3 is 1. The van der Waals surface area contributed by atoms with Gasteiger partial charge in [-0.05, 0) is 34.7 Å². The van der Waals surface area contributed by atoms with E-state index in [4.69, 9.17) is 22.3 Å². The Morgan fingerprint density at radius 2 is 1.91 bits per heavy atom. The molecule has 2 aromatic carbocycles. The predicted molar refractivity (Wildman–Crippen MR) is 140 cm³/mol. The van der Waals surface area contributed by atoms with Gasteiger partial charge in [0.1, 0.15) is 27.6 Å². The third-order valence-electron chi connectivity index (χ3n) is 5.92. The lowest BCUT2D eigenvalue weighted by Gasteiger charge is -2.14. The van der Waals surface area contributed by atoms with Crippen LogP contribution < -0.4 is 4.74 Å². The van der Waals surface area contributed by atoms with E-state index < -0.39 is 10.8 Å². The van der Waals surface area contributed by atoms with Crippen LogP contribution in [0.4, 0.5) is 0 Å². The standard InChI is InChI=1S/C26H29N3O3S2/c1-16(2)17-7-9-18(10-8-17)25-28-22-23(29(25)12-13-30)21(32-3)15-20(24(22)33)14-19-6-5-11-27-26(19)34(4)31/h5-11,15-16,30,33H,12-14H2,1-4H3. The van der Waals surface area contributed by atoms with Gasteiger partial charge < -0.3 is 14.4 Å². The number of aliphatic hydroxyl groups is 1. The first-order chi connectivity index (χ1) is 16.3. The number of hydrogen-bond donors (Lipinski definition) is 2. The Hall–Kier alpha value is -2.68. The highest BCUT2D eigenvalue weighted by Gasteiger charge is 2.22. The second kappa shape index (κ2) is 10.3. The fraction of sp³-hybridized carbons (Fsp3) is 0.308. The summed E-state index contributed by atoms with van der Waals surface area (Å²) < 4.78 is 19.9. The molecule has 0 amide bonds. The Morgan fingerprint density at radius 1 is 1.18 bits per heavy atom. The number of nitrogens with zero attached hydrogens (tertiary/aromatic N) is 3. The van der Waals surface area contributed by atoms with E-state index in [0.717, 1.165) is 32.9 Å². The monoisotopic (exact) mass is 495 g/mol. The number of aromatic nitrogens is 3. The van der Waals surface area contributed by atoms with E-state index in [1.54, 1.807) is 19.6 Å². The Morgan fingerprint density at radius 3 is 2.53 bits per heavy atom. The van der Waals surface area contributed by atoms with Gasteiger partial charge in [0.25, 0.3) is 0 Å². The van der Waals surface area contributed by atoms with Gasteiger partial charge in [-0.15, -0.1) is 12.6 Å². The van der Waals surface area contributed by atoms with Crippen LogP contribution in [0.25, 0.3) is 22.4 Å². The summed E-state index contributed by atoms with van der Waals surface area (Å²) >= 11 is 4.86. The third kappa shape index (κ3) is 4.62. The summed E-state index contributed by atoms with van der Waals surface area (Å²) in [6.07, 6.45) is 3.78. The summed E-state index contributed by atoms with van der Waals surface area (Å²) in [4.78, 5) is 10.00. The number of thiol groups is 1. The molecule has 8 heteroatoms. The number of rotatable bonds is 8. The van der Waals surface area contributed by atoms with Crippen LogP contribution in [0.15, 0.2) is 58.6 Å². The van der Waals surface area contributed by atoms with Crippen LogP contribution in [-0.4, -0.2) is 43.8 Å². The zero-order chi connectivity index (χ0) is 24.4. The highest BCUT2D eigenvalue weighted by atomic mass is 32.2. The normalized spacial score (nSPS) is 12.4. The number of pyridine rings is 1. The van der Waals surface area contributed by atoms with Crippen molar-refractivity contribution < 1.29 is 14.1 Å². The maximum Gasteiger partial charge on any atom is 0.145 e. The van der Waals surface area contributed by atoms with Crippen molar-refractivity contribution in [2.45, 2.75) is 42.7 Å². The molecule has 0 saturated heterocycles. The second-order valence-corrected chi connectivity index (χ2v) is 10.2. The molecule has 0 bridgehead atoms. The molecule has 2 heterocycles. The average molecular weight is 496 g/mol. The van der Waals surface area contributed by atoms with Crippen LogP contribution in [0.2, 0.25) is 0 Å². The van der Waals surface area contributed by atoms with Gasteiger partial charge in [-0.2, -0.15) is 0 Å². The highest BCUT2D eigenvalue weighted by molar-refractivity contribution is 7.84. The predicted octanol–water partition coefficient (Wildman–Crippen LogP) is 4.84. The molecule has 0 aliphatic rings. The largest absolute Gasteiger partial charge is 0.494 e. The molecule has 34 heavy (non-hydrogen) atoms. The van der Waals surface area contributed by atoms with Crippen molar-refractivity contribution in [1.82, 2.24) is 14.5 Å². The molecular weight excluding hydrogens is 466 g/mol. The van der Waals surface area contributed by atoms with Crippen molar-refractivity contribution in [3.8, 4) is 17.1 Å². The number of hydrogen-bond acceptors (Lipinski definition) is 6. The molecule has 6 nitrogen and oxygen atoms in total. The van der Waals surface area contributed by atoms with Crippen LogP contribution in [0.1, 0.15) is 36.5 Å². The fourth-order valence-electron chi connectivity index (χ4n) is 4.18. The van der Waals surface area contributed by atoms with Crippen LogP contribution in [0, 0.1) is 0 Å². The molecule has 0 radical (unpaired) electrons. The molecule has 0 fully saturated rings. The Bertz CT molecular complexity index is 1350. The van der Waals surface area contributed by atoms with Gasteiger partial charge in [0.05, 0.1) is 24.5 Å². The quantitative estimate of drug-likeness (QED) is 0.342. The van der Waals surface area contributed by atoms with Gasteiger partial charge in [0.15, 0.2) is 0 Å². The number of benzene rings is 2. The molecule has 0 aliphatic heterocycles. The molecule has 4 rings (SSSR count). The van der Waals surface area contributed by atoms with Crippen molar-refractivity contribution >= 4 is 34.5 Å². The summed E-state index contributed by atoms with van der Waals surface area (Å²) in [5, 5.41) is 10.4. The Balaban J connectivity index is 1.90. The van der Waals surface area contributed by atoms with E-state index in [1.807, 2.05) is 22.8 Å². The zero-order valence-corrected chi connectivity index (χ0v) is 21.5. The van der Waals surface area contributed by atoms with Crippen LogP contribution >= 0.6 is 12.6 Å². The van der Waals surface area contributed by atoms with Crippen molar-refractivity contribution in [3.63, 3.8) is 0 Å². The topological polar surface area (TPSA) is 77.2 Å². The number of imidazole rings is 1. The molecule has 0 saturated carbocycles. The smallest absolute Gasteiger partial charge is 0.145 e. The molecule has 1 N–H and O–H groups in total. The van der Waals surface area contributed by atoms with E-state index in [0.29, 0.717) is 35.2 Å². The van der Waals surface area contributed by atoms with Crippen LogP contribution in [0.3, 0.4) is 0 Å². The molecule has 4 aromatic rings. The van der Waals surface area contributed by atoms with Crippen molar-refractivity contribution in [2.24, 2.45) is 0 Å². The van der Waals surface area contributed by atoms with Crippen molar-refractivity contribution in [2.75, 3.05) is 20.0 Å². The lowest BCUT2D eigenvalue weighted by atomic mass is 10.0. The zero-order valence-electron chi connectivity index (χ0n) is 19.8. The molecular formula is C26H29N3O3S2. The fourth-order valence-corrected chi connectivity index (χ4v) is 5.20. The minimum absolute atomic E-state index is 0.0310. The van der Waals surface area contributed by atoms with Crippen LogP contribution in [0.5, 0.6) is 5.75 Å². The van der Waals surface area contributed by atoms with E-state index >= 15 is 0 Å². The molecule has 0 aliphatic carbocycles. The number of aliphatic hydroxyl groups excluding tert-OH is 1. The van der Waals surface area contributed by atoms with E-state index in [-0.39, 0.29) is 6.61 Å². The van der Waals surface area contributed by atoms with E-state index in [2.05, 4.69) is 43.1 Å². The maximum absolute atomic E-state index is 12.2. The number of ether oxygens (including phenoxy) is 1. The van der Waals surface area contributed by atoms with Crippen molar-refractivity contribution in [1.29, 1.82) is 0 Å². The van der Waals surface area contributed by atoms with E-state index in [1.165, 1.54) is 5.56 Å². The lowest BCUT2D eigenvalue weighted by molar-refractivity contribution is 0.278. The Kier molecular flexibility index (Phi) is 7.40. The minimum Gasteiger partial charge on any atom is -0.494 e.